The summed E-state index contributed by atoms with van der Waals surface area (Å²) in [6.07, 6.45) is 7.00. The van der Waals surface area contributed by atoms with Gasteiger partial charge in [0, 0.05) is 37.5 Å². The minimum absolute atomic E-state index is 0.00757. The molecule has 6 heteroatoms. The van der Waals surface area contributed by atoms with Crippen LogP contribution in [0.2, 0.25) is 0 Å². The van der Waals surface area contributed by atoms with Gasteiger partial charge in [0.15, 0.2) is 0 Å². The lowest BCUT2D eigenvalue weighted by molar-refractivity contribution is -0.148. The van der Waals surface area contributed by atoms with Crippen molar-refractivity contribution in [2.45, 2.75) is 52.4 Å². The molecule has 1 aliphatic heterocycles. The maximum atomic E-state index is 13.0. The SMILES string of the molecule is CC(C)C(=O)N1CCN(C(=O)CNC(=O)C23CC4CC(CC(C4)C2)C3)CC1. The first-order valence-electron chi connectivity index (χ1n) is 10.7. The Labute approximate surface area is 162 Å². The van der Waals surface area contributed by atoms with Gasteiger partial charge in [0.2, 0.25) is 17.7 Å². The maximum absolute atomic E-state index is 13.0. The van der Waals surface area contributed by atoms with Gasteiger partial charge in [-0.25, -0.2) is 0 Å². The zero-order valence-electron chi connectivity index (χ0n) is 16.7. The normalized spacial score (nSPS) is 34.9. The van der Waals surface area contributed by atoms with Gasteiger partial charge in [0.05, 0.1) is 6.54 Å². The van der Waals surface area contributed by atoms with Gasteiger partial charge in [-0.3, -0.25) is 14.4 Å². The molecule has 3 amide bonds. The third-order valence-corrected chi connectivity index (χ3v) is 7.36. The van der Waals surface area contributed by atoms with E-state index < -0.39 is 0 Å². The summed E-state index contributed by atoms with van der Waals surface area (Å²) in [4.78, 5) is 41.2. The van der Waals surface area contributed by atoms with Crippen molar-refractivity contribution >= 4 is 17.7 Å². The molecule has 0 spiro atoms. The fourth-order valence-electron chi connectivity index (χ4n) is 6.39. The van der Waals surface area contributed by atoms with Crippen molar-refractivity contribution in [1.82, 2.24) is 15.1 Å². The Morgan fingerprint density at radius 2 is 1.37 bits per heavy atom. The van der Waals surface area contributed by atoms with E-state index in [0.29, 0.717) is 26.2 Å². The molecular formula is C21H33N3O3. The summed E-state index contributed by atoms with van der Waals surface area (Å²) in [5.74, 6) is 2.41. The van der Waals surface area contributed by atoms with Crippen molar-refractivity contribution in [2.24, 2.45) is 29.1 Å². The largest absolute Gasteiger partial charge is 0.347 e. The van der Waals surface area contributed by atoms with Crippen molar-refractivity contribution in [3.05, 3.63) is 0 Å². The van der Waals surface area contributed by atoms with E-state index in [-0.39, 0.29) is 35.6 Å². The first-order chi connectivity index (χ1) is 12.9. The van der Waals surface area contributed by atoms with Crippen LogP contribution in [0.3, 0.4) is 0 Å². The summed E-state index contributed by atoms with van der Waals surface area (Å²) >= 11 is 0. The van der Waals surface area contributed by atoms with Crippen LogP contribution < -0.4 is 5.32 Å². The van der Waals surface area contributed by atoms with Crippen LogP contribution in [0.15, 0.2) is 0 Å². The van der Waals surface area contributed by atoms with Gasteiger partial charge in [-0.1, -0.05) is 13.8 Å². The molecule has 27 heavy (non-hydrogen) atoms. The second-order valence-corrected chi connectivity index (χ2v) is 9.74. The Hall–Kier alpha value is -1.59. The highest BCUT2D eigenvalue weighted by Gasteiger charge is 2.54. The average Bonchev–Trinajstić information content (AvgIpc) is 2.64. The van der Waals surface area contributed by atoms with E-state index in [4.69, 9.17) is 0 Å². The van der Waals surface area contributed by atoms with E-state index in [1.165, 1.54) is 19.3 Å². The monoisotopic (exact) mass is 375 g/mol. The van der Waals surface area contributed by atoms with Crippen LogP contribution in [0.5, 0.6) is 0 Å². The van der Waals surface area contributed by atoms with E-state index in [9.17, 15) is 14.4 Å². The molecule has 4 bridgehead atoms. The Morgan fingerprint density at radius 3 is 1.85 bits per heavy atom. The zero-order chi connectivity index (χ0) is 19.2. The van der Waals surface area contributed by atoms with Crippen molar-refractivity contribution in [3.63, 3.8) is 0 Å². The number of nitrogens with zero attached hydrogens (tertiary/aromatic N) is 2. The maximum Gasteiger partial charge on any atom is 0.242 e. The quantitative estimate of drug-likeness (QED) is 0.812. The fourth-order valence-corrected chi connectivity index (χ4v) is 6.39. The number of amides is 3. The lowest BCUT2D eigenvalue weighted by Crippen LogP contribution is -2.56. The van der Waals surface area contributed by atoms with Crippen molar-refractivity contribution in [3.8, 4) is 0 Å². The molecule has 0 aromatic carbocycles. The molecule has 0 aromatic rings. The molecule has 1 heterocycles. The molecule has 5 aliphatic rings. The van der Waals surface area contributed by atoms with Gasteiger partial charge < -0.3 is 15.1 Å². The smallest absolute Gasteiger partial charge is 0.242 e. The predicted octanol–water partition coefficient (Wildman–Crippen LogP) is 1.65. The second kappa shape index (κ2) is 7.10. The second-order valence-electron chi connectivity index (χ2n) is 9.74. The van der Waals surface area contributed by atoms with Gasteiger partial charge >= 0.3 is 0 Å². The van der Waals surface area contributed by atoms with E-state index in [2.05, 4.69) is 5.32 Å². The van der Waals surface area contributed by atoms with Gasteiger partial charge in [-0.2, -0.15) is 0 Å². The minimum Gasteiger partial charge on any atom is -0.347 e. The molecule has 0 atom stereocenters. The van der Waals surface area contributed by atoms with Crippen molar-refractivity contribution < 1.29 is 14.4 Å². The number of rotatable bonds is 4. The highest BCUT2D eigenvalue weighted by atomic mass is 16.2. The number of carbonyl (C=O) groups excluding carboxylic acids is 3. The lowest BCUT2D eigenvalue weighted by Gasteiger charge is -2.55. The first kappa shape index (κ1) is 18.8. The summed E-state index contributed by atoms with van der Waals surface area (Å²) < 4.78 is 0. The van der Waals surface area contributed by atoms with Crippen LogP contribution in [-0.2, 0) is 14.4 Å². The molecule has 150 valence electrons. The van der Waals surface area contributed by atoms with Crippen molar-refractivity contribution in [1.29, 1.82) is 0 Å². The Morgan fingerprint density at radius 1 is 0.889 bits per heavy atom. The number of carbonyl (C=O) groups is 3. The van der Waals surface area contributed by atoms with Crippen LogP contribution in [0.25, 0.3) is 0 Å². The Bertz CT molecular complexity index is 587. The molecule has 0 unspecified atom stereocenters. The summed E-state index contributed by atoms with van der Waals surface area (Å²) in [7, 11) is 0. The number of nitrogens with one attached hydrogen (secondary N) is 1. The Kier molecular flexibility index (Phi) is 4.93. The molecule has 0 radical (unpaired) electrons. The van der Waals surface area contributed by atoms with Crippen LogP contribution in [0, 0.1) is 29.1 Å². The lowest BCUT2D eigenvalue weighted by atomic mass is 9.49. The molecule has 5 rings (SSSR count). The van der Waals surface area contributed by atoms with E-state index >= 15 is 0 Å². The molecule has 1 saturated heterocycles. The summed E-state index contributed by atoms with van der Waals surface area (Å²) in [6.45, 7) is 6.20. The van der Waals surface area contributed by atoms with E-state index in [1.54, 1.807) is 4.90 Å². The molecule has 6 nitrogen and oxygen atoms in total. The van der Waals surface area contributed by atoms with Gasteiger partial charge in [-0.15, -0.1) is 0 Å². The van der Waals surface area contributed by atoms with Crippen LogP contribution in [0.4, 0.5) is 0 Å². The Balaban J connectivity index is 1.26. The standard InChI is InChI=1S/C21H33N3O3/c1-14(2)19(26)24-5-3-23(4-6-24)18(25)13-22-20(27)21-10-15-7-16(11-21)9-17(8-15)12-21/h14-17H,3-13H2,1-2H3,(H,22,27). The van der Waals surface area contributed by atoms with E-state index in [1.807, 2.05) is 18.7 Å². The molecule has 4 aliphatic carbocycles. The average molecular weight is 376 g/mol. The number of hydrogen-bond donors (Lipinski definition) is 1. The van der Waals surface area contributed by atoms with Crippen LogP contribution in [0.1, 0.15) is 52.4 Å². The highest BCUT2D eigenvalue weighted by molar-refractivity contribution is 5.88. The summed E-state index contributed by atoms with van der Waals surface area (Å²) in [6, 6.07) is 0. The minimum atomic E-state index is -0.197. The van der Waals surface area contributed by atoms with Gasteiger partial charge in [0.1, 0.15) is 0 Å². The van der Waals surface area contributed by atoms with Crippen LogP contribution in [-0.4, -0.2) is 60.2 Å². The highest BCUT2D eigenvalue weighted by Crippen LogP contribution is 2.60. The third-order valence-electron chi connectivity index (χ3n) is 7.36. The van der Waals surface area contributed by atoms with E-state index in [0.717, 1.165) is 37.0 Å². The van der Waals surface area contributed by atoms with Gasteiger partial charge in [-0.05, 0) is 56.3 Å². The molecular weight excluding hydrogens is 342 g/mol. The summed E-state index contributed by atoms with van der Waals surface area (Å²) in [5.41, 5.74) is -0.197. The topological polar surface area (TPSA) is 69.7 Å². The summed E-state index contributed by atoms with van der Waals surface area (Å²) in [5, 5.41) is 2.98. The van der Waals surface area contributed by atoms with Crippen molar-refractivity contribution in [2.75, 3.05) is 32.7 Å². The fraction of sp³-hybridized carbons (Fsp3) is 0.857. The number of hydrogen-bond acceptors (Lipinski definition) is 3. The number of piperazine rings is 1. The van der Waals surface area contributed by atoms with Crippen LogP contribution >= 0.6 is 0 Å². The first-order valence-corrected chi connectivity index (χ1v) is 10.7. The predicted molar refractivity (Wildman–Crippen MR) is 102 cm³/mol. The molecule has 1 N–H and O–H groups in total. The third kappa shape index (κ3) is 3.59. The molecule has 4 saturated carbocycles. The molecule has 5 fully saturated rings. The van der Waals surface area contributed by atoms with Gasteiger partial charge in [0.25, 0.3) is 0 Å². The molecule has 0 aromatic heterocycles. The zero-order valence-corrected chi connectivity index (χ0v) is 16.7.